The summed E-state index contributed by atoms with van der Waals surface area (Å²) < 4.78 is 38.5. The van der Waals surface area contributed by atoms with Gasteiger partial charge in [0, 0.05) is 34.3 Å². The summed E-state index contributed by atoms with van der Waals surface area (Å²) >= 11 is 2.10. The van der Waals surface area contributed by atoms with E-state index in [0.29, 0.717) is 29.7 Å². The standard InChI is InChI=1S/C26H27FIN5O3S/c1-37(35,36)7-6-22-15-33(23-9-20(12-27)8-21(28)11-23)26(34)16-32(22)25(24-14-30-17-31-24)10-18-2-4-19(13-29)5-3-18/h2-5,8-9,11,14,17,22,25H,6-7,10,12,15-16H2,1H3,(H,30,31)/t22?,25-/m0/s1. The normalized spacial score (nSPS) is 17.5. The zero-order valence-electron chi connectivity index (χ0n) is 20.3. The van der Waals surface area contributed by atoms with Gasteiger partial charge in [-0.1, -0.05) is 12.1 Å². The Morgan fingerprint density at radius 1 is 1.24 bits per heavy atom. The van der Waals surface area contributed by atoms with Crippen molar-refractivity contribution in [3.63, 3.8) is 0 Å². The first kappa shape index (κ1) is 27.2. The molecule has 1 aliphatic heterocycles. The van der Waals surface area contributed by atoms with E-state index in [2.05, 4.69) is 38.6 Å². The fourth-order valence-corrected chi connectivity index (χ4v) is 6.09. The van der Waals surface area contributed by atoms with Crippen LogP contribution in [0.1, 0.15) is 34.8 Å². The SMILES string of the molecule is CS(=O)(=O)CCC1CN(c2cc(I)cc(CF)c2)C(=O)CN1[C@@H](Cc1ccc(C#N)cc1)c1cnc[nH]1. The number of hydrogen-bond donors (Lipinski definition) is 1. The van der Waals surface area contributed by atoms with Crippen molar-refractivity contribution < 1.29 is 17.6 Å². The number of rotatable bonds is 9. The molecule has 2 aromatic carbocycles. The highest BCUT2D eigenvalue weighted by Crippen LogP contribution is 2.32. The monoisotopic (exact) mass is 635 g/mol. The van der Waals surface area contributed by atoms with E-state index in [4.69, 9.17) is 5.26 Å². The maximum atomic E-state index is 13.5. The summed E-state index contributed by atoms with van der Waals surface area (Å²) in [5, 5.41) is 9.14. The number of imidazole rings is 1. The van der Waals surface area contributed by atoms with E-state index in [1.165, 1.54) is 6.26 Å². The highest BCUT2D eigenvalue weighted by atomic mass is 127. The van der Waals surface area contributed by atoms with Crippen LogP contribution in [-0.2, 0) is 27.7 Å². The molecule has 37 heavy (non-hydrogen) atoms. The first-order chi connectivity index (χ1) is 17.7. The fourth-order valence-electron chi connectivity index (χ4n) is 4.67. The number of sulfone groups is 1. The van der Waals surface area contributed by atoms with Gasteiger partial charge in [0.2, 0.25) is 5.91 Å². The number of carbonyl (C=O) groups is 1. The summed E-state index contributed by atoms with van der Waals surface area (Å²) in [5.74, 6) is -0.170. The number of aromatic nitrogens is 2. The Labute approximate surface area is 229 Å². The number of piperazine rings is 1. The molecule has 11 heteroatoms. The molecule has 3 aromatic rings. The lowest BCUT2D eigenvalue weighted by atomic mass is 9.97. The van der Waals surface area contributed by atoms with Crippen molar-refractivity contribution in [3.8, 4) is 6.07 Å². The van der Waals surface area contributed by atoms with Crippen molar-refractivity contribution in [1.29, 1.82) is 5.26 Å². The van der Waals surface area contributed by atoms with Crippen LogP contribution in [0.5, 0.6) is 0 Å². The van der Waals surface area contributed by atoms with Gasteiger partial charge in [-0.05, 0) is 76.9 Å². The number of carbonyl (C=O) groups excluding carboxylic acids is 1. The lowest BCUT2D eigenvalue weighted by molar-refractivity contribution is -0.123. The molecule has 0 aliphatic carbocycles. The first-order valence-corrected chi connectivity index (χ1v) is 14.9. The molecule has 0 spiro atoms. The van der Waals surface area contributed by atoms with Gasteiger partial charge in [0.05, 0.1) is 42.0 Å². The van der Waals surface area contributed by atoms with Crippen molar-refractivity contribution in [1.82, 2.24) is 14.9 Å². The molecule has 194 valence electrons. The van der Waals surface area contributed by atoms with E-state index < -0.39 is 16.5 Å². The molecule has 0 saturated carbocycles. The Kier molecular flexibility index (Phi) is 8.61. The Hall–Kier alpha value is -2.82. The molecule has 2 atom stereocenters. The number of amides is 1. The second-order valence-electron chi connectivity index (χ2n) is 9.24. The third-order valence-electron chi connectivity index (χ3n) is 6.50. The van der Waals surface area contributed by atoms with Crippen LogP contribution in [0.2, 0.25) is 0 Å². The number of aromatic amines is 1. The number of benzene rings is 2. The molecule has 1 N–H and O–H groups in total. The van der Waals surface area contributed by atoms with E-state index in [0.717, 1.165) is 14.8 Å². The van der Waals surface area contributed by atoms with Crippen molar-refractivity contribution in [2.24, 2.45) is 0 Å². The van der Waals surface area contributed by atoms with Crippen LogP contribution < -0.4 is 4.90 Å². The van der Waals surface area contributed by atoms with Gasteiger partial charge < -0.3 is 9.88 Å². The van der Waals surface area contributed by atoms with Crippen molar-refractivity contribution in [2.75, 3.05) is 30.0 Å². The number of nitrogens with one attached hydrogen (secondary N) is 1. The summed E-state index contributed by atoms with van der Waals surface area (Å²) in [6.45, 7) is -0.301. The molecule has 8 nitrogen and oxygen atoms in total. The van der Waals surface area contributed by atoms with Crippen LogP contribution >= 0.6 is 22.6 Å². The number of nitrogens with zero attached hydrogens (tertiary/aromatic N) is 4. The van der Waals surface area contributed by atoms with E-state index in [1.54, 1.807) is 41.7 Å². The molecule has 1 amide bonds. The van der Waals surface area contributed by atoms with E-state index in [-0.39, 0.29) is 36.8 Å². The van der Waals surface area contributed by atoms with Crippen LogP contribution in [0.3, 0.4) is 0 Å². The summed E-state index contributed by atoms with van der Waals surface area (Å²) in [7, 11) is -3.24. The largest absolute Gasteiger partial charge is 0.347 e. The van der Waals surface area contributed by atoms with Crippen LogP contribution in [-0.4, -0.2) is 60.3 Å². The average molecular weight is 636 g/mol. The van der Waals surface area contributed by atoms with Gasteiger partial charge >= 0.3 is 0 Å². The second-order valence-corrected chi connectivity index (χ2v) is 12.7. The predicted molar refractivity (Wildman–Crippen MR) is 147 cm³/mol. The minimum Gasteiger partial charge on any atom is -0.347 e. The molecule has 1 saturated heterocycles. The van der Waals surface area contributed by atoms with Crippen molar-refractivity contribution in [3.05, 3.63) is 80.9 Å². The van der Waals surface area contributed by atoms with E-state index in [1.807, 2.05) is 23.1 Å². The molecule has 1 unspecified atom stereocenters. The Morgan fingerprint density at radius 2 is 2.00 bits per heavy atom. The lowest BCUT2D eigenvalue weighted by Gasteiger charge is -2.44. The highest BCUT2D eigenvalue weighted by molar-refractivity contribution is 14.1. The molecule has 0 bridgehead atoms. The number of anilines is 1. The van der Waals surface area contributed by atoms with Crippen molar-refractivity contribution >= 4 is 44.0 Å². The quantitative estimate of drug-likeness (QED) is 0.359. The van der Waals surface area contributed by atoms with Gasteiger partial charge in [0.1, 0.15) is 16.5 Å². The minimum atomic E-state index is -3.24. The molecular formula is C26H27FIN5O3S. The van der Waals surface area contributed by atoms with Gasteiger partial charge in [0.25, 0.3) is 0 Å². The summed E-state index contributed by atoms with van der Waals surface area (Å²) in [4.78, 5) is 24.5. The molecule has 0 radical (unpaired) electrons. The van der Waals surface area contributed by atoms with Crippen LogP contribution in [0, 0.1) is 14.9 Å². The summed E-state index contributed by atoms with van der Waals surface area (Å²) in [5.41, 5.74) is 3.44. The van der Waals surface area contributed by atoms with Crippen molar-refractivity contribution in [2.45, 2.75) is 31.6 Å². The molecule has 1 fully saturated rings. The minimum absolute atomic E-state index is 0.0230. The van der Waals surface area contributed by atoms with Crippen LogP contribution in [0.15, 0.2) is 55.0 Å². The van der Waals surface area contributed by atoms with Gasteiger partial charge in [-0.3, -0.25) is 9.69 Å². The summed E-state index contributed by atoms with van der Waals surface area (Å²) in [6.07, 6.45) is 5.37. The lowest BCUT2D eigenvalue weighted by Crippen LogP contribution is -2.58. The molecule has 1 aromatic heterocycles. The van der Waals surface area contributed by atoms with E-state index >= 15 is 0 Å². The first-order valence-electron chi connectivity index (χ1n) is 11.7. The smallest absolute Gasteiger partial charge is 0.241 e. The Morgan fingerprint density at radius 3 is 2.62 bits per heavy atom. The zero-order valence-corrected chi connectivity index (χ0v) is 23.2. The predicted octanol–water partition coefficient (Wildman–Crippen LogP) is 3.79. The third-order valence-corrected chi connectivity index (χ3v) is 8.10. The van der Waals surface area contributed by atoms with Gasteiger partial charge in [-0.25, -0.2) is 17.8 Å². The number of halogens is 2. The third kappa shape index (κ3) is 6.94. The number of alkyl halides is 1. The number of H-pyrrole nitrogens is 1. The second kappa shape index (κ2) is 11.7. The van der Waals surface area contributed by atoms with E-state index in [9.17, 15) is 17.6 Å². The van der Waals surface area contributed by atoms with Gasteiger partial charge in [0.15, 0.2) is 0 Å². The maximum absolute atomic E-state index is 13.5. The Bertz CT molecular complexity index is 1390. The Balaban J connectivity index is 1.69. The molecule has 2 heterocycles. The summed E-state index contributed by atoms with van der Waals surface area (Å²) in [6, 6.07) is 14.1. The topological polar surface area (TPSA) is 110 Å². The van der Waals surface area contributed by atoms with Crippen LogP contribution in [0.4, 0.5) is 10.1 Å². The highest BCUT2D eigenvalue weighted by Gasteiger charge is 2.38. The maximum Gasteiger partial charge on any atom is 0.241 e. The average Bonchev–Trinajstić information content (AvgIpc) is 3.40. The fraction of sp³-hybridized carbons (Fsp3) is 0.346. The molecular weight excluding hydrogens is 608 g/mol. The van der Waals surface area contributed by atoms with Gasteiger partial charge in [-0.15, -0.1) is 0 Å². The number of hydrogen-bond acceptors (Lipinski definition) is 6. The molecule has 4 rings (SSSR count). The van der Waals surface area contributed by atoms with Gasteiger partial charge in [-0.2, -0.15) is 5.26 Å². The zero-order chi connectivity index (χ0) is 26.6. The number of nitriles is 1. The van der Waals surface area contributed by atoms with Crippen LogP contribution in [0.25, 0.3) is 0 Å². The molecule has 1 aliphatic rings.